The molecule has 0 radical (unpaired) electrons. The Kier molecular flexibility index (Phi) is 8.05. The van der Waals surface area contributed by atoms with Gasteiger partial charge in [0.15, 0.2) is 0 Å². The van der Waals surface area contributed by atoms with E-state index in [1.54, 1.807) is 6.20 Å². The van der Waals surface area contributed by atoms with Gasteiger partial charge in [0.05, 0.1) is 11.6 Å². The Morgan fingerprint density at radius 3 is 2.70 bits per heavy atom. The van der Waals surface area contributed by atoms with Crippen LogP contribution in [0.15, 0.2) is 66.9 Å². The summed E-state index contributed by atoms with van der Waals surface area (Å²) in [5, 5.41) is 8.07. The van der Waals surface area contributed by atoms with Crippen LogP contribution in [0.3, 0.4) is 0 Å². The zero-order valence-electron chi connectivity index (χ0n) is 20.9. The highest BCUT2D eigenvalue weighted by Gasteiger charge is 2.49. The van der Waals surface area contributed by atoms with E-state index in [1.807, 2.05) is 59.5 Å². The van der Waals surface area contributed by atoms with Crippen molar-refractivity contribution < 1.29 is 9.59 Å². The fraction of sp³-hybridized carbons (Fsp3) is 0.367. The average Bonchev–Trinajstić information content (AvgIpc) is 2.92. The van der Waals surface area contributed by atoms with Crippen LogP contribution in [0.4, 0.5) is 5.69 Å². The van der Waals surface area contributed by atoms with Gasteiger partial charge in [0.25, 0.3) is 0 Å². The van der Waals surface area contributed by atoms with E-state index < -0.39 is 6.04 Å². The molecule has 2 heterocycles. The first-order valence-corrected chi connectivity index (χ1v) is 13.6. The van der Waals surface area contributed by atoms with E-state index in [9.17, 15) is 9.59 Å². The first-order chi connectivity index (χ1) is 18.1. The van der Waals surface area contributed by atoms with Crippen LogP contribution in [-0.2, 0) is 9.59 Å². The predicted molar refractivity (Wildman–Crippen MR) is 149 cm³/mol. The average molecular weight is 517 g/mol. The number of nitrogens with zero attached hydrogens (tertiary/aromatic N) is 2. The second-order valence-corrected chi connectivity index (χ2v) is 10.3. The molecule has 2 fully saturated rings. The largest absolute Gasteiger partial charge is 0.384 e. The zero-order chi connectivity index (χ0) is 25.6. The highest BCUT2D eigenvalue weighted by Crippen LogP contribution is 2.32. The molecule has 3 aromatic rings. The summed E-state index contributed by atoms with van der Waals surface area (Å²) in [6, 6.07) is 17.3. The number of halogens is 1. The minimum atomic E-state index is -0.490. The van der Waals surface area contributed by atoms with Crippen molar-refractivity contribution in [3.8, 4) is 0 Å². The lowest BCUT2D eigenvalue weighted by Gasteiger charge is -2.51. The van der Waals surface area contributed by atoms with E-state index >= 15 is 0 Å². The first kappa shape index (κ1) is 25.3. The van der Waals surface area contributed by atoms with Crippen molar-refractivity contribution in [2.45, 2.75) is 63.1 Å². The number of fused-ring (bicyclic) bond motifs is 1. The molecule has 0 bridgehead atoms. The van der Waals surface area contributed by atoms with Crippen molar-refractivity contribution in [3.63, 3.8) is 0 Å². The lowest BCUT2D eigenvalue weighted by molar-refractivity contribution is -0.155. The maximum absolute atomic E-state index is 13.1. The normalized spacial score (nSPS) is 20.2. The lowest BCUT2D eigenvalue weighted by atomic mass is 9.85. The number of rotatable bonds is 9. The van der Waals surface area contributed by atoms with Crippen molar-refractivity contribution in [1.82, 2.24) is 15.2 Å². The van der Waals surface area contributed by atoms with Gasteiger partial charge in [0.2, 0.25) is 11.8 Å². The number of carbonyl (C=O) groups excluding carboxylic acids is 2. The molecular weight excluding hydrogens is 484 g/mol. The van der Waals surface area contributed by atoms with Crippen LogP contribution in [-0.4, -0.2) is 46.4 Å². The van der Waals surface area contributed by atoms with Crippen molar-refractivity contribution >= 4 is 46.1 Å². The Morgan fingerprint density at radius 2 is 1.89 bits per heavy atom. The topological polar surface area (TPSA) is 74.3 Å². The number of hydrogen-bond donors (Lipinski definition) is 2. The lowest BCUT2D eigenvalue weighted by Crippen LogP contribution is -2.72. The predicted octanol–water partition coefficient (Wildman–Crippen LogP) is 5.82. The minimum Gasteiger partial charge on any atom is -0.384 e. The number of carbonyl (C=O) groups is 2. The van der Waals surface area contributed by atoms with Gasteiger partial charge in [0.1, 0.15) is 6.04 Å². The van der Waals surface area contributed by atoms with Gasteiger partial charge in [-0.2, -0.15) is 0 Å². The molecule has 2 aromatic carbocycles. The van der Waals surface area contributed by atoms with E-state index in [0.717, 1.165) is 47.8 Å². The molecule has 192 valence electrons. The van der Waals surface area contributed by atoms with Gasteiger partial charge >= 0.3 is 0 Å². The van der Waals surface area contributed by atoms with Gasteiger partial charge in [-0.25, -0.2) is 0 Å². The molecular formula is C30H33ClN4O2. The van der Waals surface area contributed by atoms with Crippen molar-refractivity contribution in [1.29, 1.82) is 0 Å². The van der Waals surface area contributed by atoms with E-state index in [0.29, 0.717) is 24.4 Å². The summed E-state index contributed by atoms with van der Waals surface area (Å²) in [5.41, 5.74) is 2.88. The number of β-lactam (4-membered cyclic amide) rings is 1. The Morgan fingerprint density at radius 1 is 1.08 bits per heavy atom. The van der Waals surface area contributed by atoms with Gasteiger partial charge in [-0.3, -0.25) is 14.6 Å². The molecule has 7 heteroatoms. The Balaban J connectivity index is 1.17. The molecule has 37 heavy (non-hydrogen) atoms. The Labute approximate surface area is 223 Å². The summed E-state index contributed by atoms with van der Waals surface area (Å²) in [6.07, 6.45) is 12.5. The number of amides is 2. The molecule has 0 spiro atoms. The van der Waals surface area contributed by atoms with Crippen LogP contribution in [0.1, 0.15) is 50.5 Å². The number of benzene rings is 2. The molecule has 1 saturated heterocycles. The van der Waals surface area contributed by atoms with Crippen LogP contribution < -0.4 is 10.6 Å². The standard InChI is InChI=1S/C30H33ClN4O2/c31-22-14-15-24-25(17-19-33-26(24)20-22)32-18-7-12-28(36)34-29-27(16-13-21-8-3-1-4-9-21)35(30(29)37)23-10-5-2-6-11-23/h1,3-4,8-9,13-17,19-20,23,27,29H,2,5-7,10-12,18H2,(H,32,33)(H,34,36)/b16-13+/t27-,29+/m0/s1. The molecule has 1 saturated carbocycles. The van der Waals surface area contributed by atoms with E-state index in [1.165, 1.54) is 6.42 Å². The fourth-order valence-electron chi connectivity index (χ4n) is 5.43. The minimum absolute atomic E-state index is 0.0444. The van der Waals surface area contributed by atoms with Crippen LogP contribution >= 0.6 is 11.6 Å². The van der Waals surface area contributed by atoms with Gasteiger partial charge < -0.3 is 15.5 Å². The third-order valence-corrected chi connectivity index (χ3v) is 7.59. The number of pyridine rings is 1. The summed E-state index contributed by atoms with van der Waals surface area (Å²) in [6.45, 7) is 0.638. The summed E-state index contributed by atoms with van der Waals surface area (Å²) < 4.78 is 0. The number of likely N-dealkylation sites (tertiary alicyclic amines) is 1. The number of nitrogens with one attached hydrogen (secondary N) is 2. The zero-order valence-corrected chi connectivity index (χ0v) is 21.7. The molecule has 1 aliphatic carbocycles. The third-order valence-electron chi connectivity index (χ3n) is 7.35. The molecule has 0 unspecified atom stereocenters. The van der Waals surface area contributed by atoms with Crippen LogP contribution in [0, 0.1) is 0 Å². The Hall–Kier alpha value is -3.38. The van der Waals surface area contributed by atoms with Gasteiger partial charge in [-0.15, -0.1) is 0 Å². The highest BCUT2D eigenvalue weighted by atomic mass is 35.5. The van der Waals surface area contributed by atoms with Crippen LogP contribution in [0.25, 0.3) is 17.0 Å². The second-order valence-electron chi connectivity index (χ2n) is 9.89. The van der Waals surface area contributed by atoms with Gasteiger partial charge in [-0.05, 0) is 49.1 Å². The highest BCUT2D eigenvalue weighted by molar-refractivity contribution is 6.31. The summed E-state index contributed by atoms with van der Waals surface area (Å²) >= 11 is 6.08. The van der Waals surface area contributed by atoms with Crippen molar-refractivity contribution in [2.24, 2.45) is 0 Å². The van der Waals surface area contributed by atoms with Crippen LogP contribution in [0.5, 0.6) is 0 Å². The second kappa shape index (κ2) is 11.8. The van der Waals surface area contributed by atoms with E-state index in [2.05, 4.69) is 27.8 Å². The summed E-state index contributed by atoms with van der Waals surface area (Å²) in [5.74, 6) is -0.0454. The van der Waals surface area contributed by atoms with Gasteiger partial charge in [-0.1, -0.05) is 73.3 Å². The van der Waals surface area contributed by atoms with E-state index in [4.69, 9.17) is 11.6 Å². The molecule has 2 atom stereocenters. The van der Waals surface area contributed by atoms with Crippen molar-refractivity contribution in [3.05, 3.63) is 77.5 Å². The quantitative estimate of drug-likeness (QED) is 0.277. The number of aromatic nitrogens is 1. The van der Waals surface area contributed by atoms with Crippen molar-refractivity contribution in [2.75, 3.05) is 11.9 Å². The molecule has 5 rings (SSSR count). The molecule has 2 aliphatic rings. The SMILES string of the molecule is O=C(CCCNc1ccnc2cc(Cl)ccc12)N[C@H]1C(=O)N(C2CCCCC2)[C@H]1/C=C/c1ccccc1. The fourth-order valence-corrected chi connectivity index (χ4v) is 5.60. The summed E-state index contributed by atoms with van der Waals surface area (Å²) in [7, 11) is 0. The maximum Gasteiger partial charge on any atom is 0.248 e. The maximum atomic E-state index is 13.1. The smallest absolute Gasteiger partial charge is 0.248 e. The Bertz CT molecular complexity index is 1270. The molecule has 2 amide bonds. The summed E-state index contributed by atoms with van der Waals surface area (Å²) in [4.78, 5) is 32.3. The number of anilines is 1. The number of hydrogen-bond acceptors (Lipinski definition) is 4. The third kappa shape index (κ3) is 5.96. The van der Waals surface area contributed by atoms with E-state index in [-0.39, 0.29) is 23.9 Å². The molecule has 6 nitrogen and oxygen atoms in total. The molecule has 2 N–H and O–H groups in total. The molecule has 1 aromatic heterocycles. The monoisotopic (exact) mass is 516 g/mol. The first-order valence-electron chi connectivity index (χ1n) is 13.2. The van der Waals surface area contributed by atoms with Gasteiger partial charge in [0, 0.05) is 41.3 Å². The molecule has 1 aliphatic heterocycles. The van der Waals surface area contributed by atoms with Crippen LogP contribution in [0.2, 0.25) is 5.02 Å².